The summed E-state index contributed by atoms with van der Waals surface area (Å²) in [5.74, 6) is 2.65. The topological polar surface area (TPSA) is 81.2 Å². The van der Waals surface area contributed by atoms with Crippen LogP contribution in [0, 0.1) is 0 Å². The van der Waals surface area contributed by atoms with Crippen LogP contribution in [0.25, 0.3) is 11.3 Å². The highest BCUT2D eigenvalue weighted by Crippen LogP contribution is 2.35. The molecule has 0 saturated heterocycles. The lowest BCUT2D eigenvalue weighted by Gasteiger charge is -2.12. The second-order valence-corrected chi connectivity index (χ2v) is 6.74. The number of anilines is 3. The molecule has 0 spiro atoms. The summed E-state index contributed by atoms with van der Waals surface area (Å²) in [4.78, 5) is 13.5. The van der Waals surface area contributed by atoms with Crippen LogP contribution in [0.4, 0.5) is 17.5 Å². The summed E-state index contributed by atoms with van der Waals surface area (Å²) in [6.07, 6.45) is 3.59. The van der Waals surface area contributed by atoms with Crippen LogP contribution in [0.2, 0.25) is 0 Å². The van der Waals surface area contributed by atoms with Crippen LogP contribution in [0.3, 0.4) is 0 Å². The lowest BCUT2D eigenvalue weighted by molar-refractivity contribution is 0.174. The molecule has 0 radical (unpaired) electrons. The number of pyridine rings is 1. The molecule has 0 bridgehead atoms. The zero-order valence-corrected chi connectivity index (χ0v) is 16.1. The SMILES string of the molecule is c1ccc(-c2cc(NCc3cccnc3)nc(Nc3ccc4c(c3)OCO4)n2)cc1. The third-order valence-corrected chi connectivity index (χ3v) is 4.62. The first kappa shape index (κ1) is 17.9. The van der Waals surface area contributed by atoms with Gasteiger partial charge in [0.05, 0.1) is 5.69 Å². The van der Waals surface area contributed by atoms with E-state index in [4.69, 9.17) is 14.5 Å². The Morgan fingerprint density at radius 3 is 2.63 bits per heavy atom. The van der Waals surface area contributed by atoms with Gasteiger partial charge in [0.1, 0.15) is 5.82 Å². The molecule has 3 heterocycles. The van der Waals surface area contributed by atoms with Gasteiger partial charge in [-0.05, 0) is 23.8 Å². The monoisotopic (exact) mass is 397 g/mol. The summed E-state index contributed by atoms with van der Waals surface area (Å²) in [6.45, 7) is 0.851. The van der Waals surface area contributed by atoms with Crippen molar-refractivity contribution in [3.63, 3.8) is 0 Å². The highest BCUT2D eigenvalue weighted by molar-refractivity contribution is 5.67. The number of hydrogen-bond donors (Lipinski definition) is 2. The van der Waals surface area contributed by atoms with E-state index in [1.807, 2.05) is 72.9 Å². The molecule has 148 valence electrons. The molecule has 5 rings (SSSR count). The predicted molar refractivity (Wildman–Crippen MR) is 115 cm³/mol. The van der Waals surface area contributed by atoms with Crippen LogP contribution < -0.4 is 20.1 Å². The molecule has 1 aliphatic heterocycles. The zero-order chi connectivity index (χ0) is 20.2. The number of nitrogens with zero attached hydrogens (tertiary/aromatic N) is 3. The number of fused-ring (bicyclic) bond motifs is 1. The van der Waals surface area contributed by atoms with E-state index in [2.05, 4.69) is 20.6 Å². The van der Waals surface area contributed by atoms with Gasteiger partial charge in [-0.15, -0.1) is 0 Å². The van der Waals surface area contributed by atoms with E-state index in [1.54, 1.807) is 6.20 Å². The van der Waals surface area contributed by atoms with Gasteiger partial charge in [0, 0.05) is 42.3 Å². The van der Waals surface area contributed by atoms with Gasteiger partial charge in [0.2, 0.25) is 12.7 Å². The summed E-state index contributed by atoms with van der Waals surface area (Å²) in [5, 5.41) is 6.64. The van der Waals surface area contributed by atoms with Gasteiger partial charge in [0.15, 0.2) is 11.5 Å². The molecule has 0 saturated carbocycles. The number of nitrogens with one attached hydrogen (secondary N) is 2. The van der Waals surface area contributed by atoms with Crippen LogP contribution >= 0.6 is 0 Å². The fourth-order valence-electron chi connectivity index (χ4n) is 3.15. The Labute approximate surface area is 173 Å². The molecule has 2 aromatic heterocycles. The van der Waals surface area contributed by atoms with Crippen molar-refractivity contribution >= 4 is 17.5 Å². The number of hydrogen-bond acceptors (Lipinski definition) is 7. The minimum atomic E-state index is 0.237. The first-order valence-corrected chi connectivity index (χ1v) is 9.57. The molecule has 0 fully saturated rings. The van der Waals surface area contributed by atoms with Crippen LogP contribution in [-0.4, -0.2) is 21.7 Å². The highest BCUT2D eigenvalue weighted by atomic mass is 16.7. The Bertz CT molecular complexity index is 1150. The van der Waals surface area contributed by atoms with E-state index in [0.717, 1.165) is 34.1 Å². The molecule has 0 unspecified atom stereocenters. The summed E-state index contributed by atoms with van der Waals surface area (Å²) >= 11 is 0. The van der Waals surface area contributed by atoms with Crippen molar-refractivity contribution in [2.75, 3.05) is 17.4 Å². The molecule has 1 aliphatic rings. The Hall–Kier alpha value is -4.13. The van der Waals surface area contributed by atoms with Crippen molar-refractivity contribution in [1.29, 1.82) is 0 Å². The summed E-state index contributed by atoms with van der Waals surface area (Å²) in [7, 11) is 0. The smallest absolute Gasteiger partial charge is 0.231 e. The minimum absolute atomic E-state index is 0.237. The van der Waals surface area contributed by atoms with Crippen molar-refractivity contribution in [2.45, 2.75) is 6.54 Å². The van der Waals surface area contributed by atoms with Crippen molar-refractivity contribution in [1.82, 2.24) is 15.0 Å². The zero-order valence-electron chi connectivity index (χ0n) is 16.1. The minimum Gasteiger partial charge on any atom is -0.454 e. The van der Waals surface area contributed by atoms with E-state index in [0.29, 0.717) is 18.2 Å². The molecule has 2 N–H and O–H groups in total. The Morgan fingerprint density at radius 1 is 0.867 bits per heavy atom. The largest absolute Gasteiger partial charge is 0.454 e. The molecule has 0 amide bonds. The van der Waals surface area contributed by atoms with E-state index >= 15 is 0 Å². The van der Waals surface area contributed by atoms with Crippen molar-refractivity contribution in [3.8, 4) is 22.8 Å². The maximum absolute atomic E-state index is 5.46. The van der Waals surface area contributed by atoms with Gasteiger partial charge < -0.3 is 20.1 Å². The number of aromatic nitrogens is 3. The lowest BCUT2D eigenvalue weighted by atomic mass is 10.1. The summed E-state index contributed by atoms with van der Waals surface area (Å²) < 4.78 is 10.8. The van der Waals surface area contributed by atoms with Crippen molar-refractivity contribution in [2.24, 2.45) is 0 Å². The summed E-state index contributed by atoms with van der Waals surface area (Å²) in [5.41, 5.74) is 3.73. The number of rotatable bonds is 6. The van der Waals surface area contributed by atoms with Crippen LogP contribution in [0.1, 0.15) is 5.56 Å². The average Bonchev–Trinajstić information content (AvgIpc) is 3.27. The van der Waals surface area contributed by atoms with E-state index in [1.165, 1.54) is 0 Å². The third kappa shape index (κ3) is 4.00. The molecule has 0 atom stereocenters. The van der Waals surface area contributed by atoms with Gasteiger partial charge >= 0.3 is 0 Å². The van der Waals surface area contributed by atoms with Crippen LogP contribution in [-0.2, 0) is 6.54 Å². The molecule has 30 heavy (non-hydrogen) atoms. The molecular weight excluding hydrogens is 378 g/mol. The second-order valence-electron chi connectivity index (χ2n) is 6.74. The molecular formula is C23H19N5O2. The normalized spacial score (nSPS) is 11.9. The van der Waals surface area contributed by atoms with Crippen molar-refractivity contribution < 1.29 is 9.47 Å². The quantitative estimate of drug-likeness (QED) is 0.491. The summed E-state index contributed by atoms with van der Waals surface area (Å²) in [6, 6.07) is 21.6. The molecule has 7 heteroatoms. The first-order valence-electron chi connectivity index (χ1n) is 9.57. The third-order valence-electron chi connectivity index (χ3n) is 4.62. The van der Waals surface area contributed by atoms with E-state index in [9.17, 15) is 0 Å². The molecule has 2 aromatic carbocycles. The Balaban J connectivity index is 1.44. The van der Waals surface area contributed by atoms with Gasteiger partial charge in [-0.25, -0.2) is 4.98 Å². The molecule has 4 aromatic rings. The number of ether oxygens (including phenoxy) is 2. The van der Waals surface area contributed by atoms with Gasteiger partial charge in [-0.3, -0.25) is 4.98 Å². The van der Waals surface area contributed by atoms with Crippen LogP contribution in [0.5, 0.6) is 11.5 Å². The second kappa shape index (κ2) is 8.08. The van der Waals surface area contributed by atoms with Gasteiger partial charge in [-0.2, -0.15) is 4.98 Å². The van der Waals surface area contributed by atoms with Gasteiger partial charge in [0.25, 0.3) is 0 Å². The van der Waals surface area contributed by atoms with E-state index < -0.39 is 0 Å². The van der Waals surface area contributed by atoms with E-state index in [-0.39, 0.29) is 6.79 Å². The van der Waals surface area contributed by atoms with Gasteiger partial charge in [-0.1, -0.05) is 36.4 Å². The molecule has 7 nitrogen and oxygen atoms in total. The Kier molecular flexibility index (Phi) is 4.83. The highest BCUT2D eigenvalue weighted by Gasteiger charge is 2.14. The fraction of sp³-hybridized carbons (Fsp3) is 0.0870. The standard InChI is InChI=1S/C23H19N5O2/c1-2-6-17(7-3-1)19-12-22(25-14-16-5-4-10-24-13-16)28-23(27-19)26-18-8-9-20-21(11-18)30-15-29-20/h1-13H,14-15H2,(H2,25,26,27,28). The fourth-order valence-corrected chi connectivity index (χ4v) is 3.15. The first-order chi connectivity index (χ1) is 14.8. The Morgan fingerprint density at radius 2 is 1.77 bits per heavy atom. The maximum atomic E-state index is 5.46. The predicted octanol–water partition coefficient (Wildman–Crippen LogP) is 4.62. The lowest BCUT2D eigenvalue weighted by Crippen LogP contribution is -2.06. The van der Waals surface area contributed by atoms with Crippen molar-refractivity contribution in [3.05, 3.63) is 84.7 Å². The van der Waals surface area contributed by atoms with Crippen LogP contribution in [0.15, 0.2) is 79.1 Å². The molecule has 0 aliphatic carbocycles. The average molecular weight is 397 g/mol. The maximum Gasteiger partial charge on any atom is 0.231 e. The number of benzene rings is 2.